The van der Waals surface area contributed by atoms with Gasteiger partial charge in [0.05, 0.1) is 0 Å². The predicted molar refractivity (Wildman–Crippen MR) is 61.7 cm³/mol. The summed E-state index contributed by atoms with van der Waals surface area (Å²) in [6.45, 7) is 9.56. The monoisotopic (exact) mass is 235 g/mol. The summed E-state index contributed by atoms with van der Waals surface area (Å²) in [5, 5.41) is 3.45. The first kappa shape index (κ1) is 15.5. The summed E-state index contributed by atoms with van der Waals surface area (Å²) < 4.78 is 23.0. The Kier molecular flexibility index (Phi) is 6.08. The fourth-order valence-electron chi connectivity index (χ4n) is 1.48. The van der Waals surface area contributed by atoms with E-state index in [-0.39, 0.29) is 0 Å². The summed E-state index contributed by atoms with van der Waals surface area (Å²) in [5.74, 6) is -2.44. The maximum absolute atomic E-state index is 11.5. The van der Waals surface area contributed by atoms with Crippen molar-refractivity contribution in [2.75, 3.05) is 6.54 Å². The van der Waals surface area contributed by atoms with Crippen molar-refractivity contribution in [3.63, 3.8) is 0 Å². The number of halogens is 2. The molecule has 1 N–H and O–H groups in total. The Labute approximate surface area is 96.8 Å². The Hall–Kier alpha value is -0.510. The van der Waals surface area contributed by atoms with Gasteiger partial charge in [0.2, 0.25) is 0 Å². The molecule has 16 heavy (non-hydrogen) atoms. The first-order valence-corrected chi connectivity index (χ1v) is 5.76. The minimum absolute atomic E-state index is 0.579. The molecule has 1 saturated heterocycles. The summed E-state index contributed by atoms with van der Waals surface area (Å²) in [6.07, 6.45) is 1.37. The van der Waals surface area contributed by atoms with Crippen molar-refractivity contribution >= 4 is 5.78 Å². The zero-order valence-corrected chi connectivity index (χ0v) is 10.8. The second-order valence-corrected chi connectivity index (χ2v) is 4.99. The molecule has 1 heterocycles. The van der Waals surface area contributed by atoms with Crippen LogP contribution in [-0.2, 0) is 4.79 Å². The molecule has 0 aromatic rings. The molecular formula is C12H23F2NO. The van der Waals surface area contributed by atoms with Crippen molar-refractivity contribution in [3.05, 3.63) is 0 Å². The molecule has 2 nitrogen and oxygen atoms in total. The van der Waals surface area contributed by atoms with Crippen LogP contribution in [0.2, 0.25) is 0 Å². The molecule has 0 aliphatic carbocycles. The summed E-state index contributed by atoms with van der Waals surface area (Å²) in [5.41, 5.74) is 0. The van der Waals surface area contributed by atoms with Crippen LogP contribution in [0.5, 0.6) is 0 Å². The van der Waals surface area contributed by atoms with Gasteiger partial charge >= 0.3 is 5.92 Å². The van der Waals surface area contributed by atoms with Crippen LogP contribution >= 0.6 is 0 Å². The van der Waals surface area contributed by atoms with Crippen molar-refractivity contribution in [1.82, 2.24) is 5.32 Å². The Morgan fingerprint density at radius 1 is 1.44 bits per heavy atom. The Bertz CT molecular complexity index is 224. The van der Waals surface area contributed by atoms with E-state index >= 15 is 0 Å². The first-order chi connectivity index (χ1) is 7.14. The number of nitrogens with one attached hydrogen (secondary N) is 1. The van der Waals surface area contributed by atoms with Gasteiger partial charge in [-0.1, -0.05) is 13.8 Å². The van der Waals surface area contributed by atoms with E-state index < -0.39 is 11.7 Å². The van der Waals surface area contributed by atoms with E-state index in [1.54, 1.807) is 0 Å². The van der Waals surface area contributed by atoms with Crippen LogP contribution in [-0.4, -0.2) is 24.3 Å². The van der Waals surface area contributed by atoms with Gasteiger partial charge in [0.1, 0.15) is 0 Å². The zero-order chi connectivity index (χ0) is 12.9. The molecule has 1 fully saturated rings. The van der Waals surface area contributed by atoms with E-state index in [9.17, 15) is 13.6 Å². The van der Waals surface area contributed by atoms with Gasteiger partial charge in [0.15, 0.2) is 5.78 Å². The molecule has 4 heteroatoms. The van der Waals surface area contributed by atoms with Crippen LogP contribution in [0, 0.1) is 11.8 Å². The maximum atomic E-state index is 11.5. The van der Waals surface area contributed by atoms with Gasteiger partial charge in [-0.05, 0) is 31.7 Å². The van der Waals surface area contributed by atoms with E-state index in [1.807, 2.05) is 0 Å². The lowest BCUT2D eigenvalue weighted by Crippen LogP contribution is -2.20. The highest BCUT2D eigenvalue weighted by Crippen LogP contribution is 2.21. The molecule has 1 rings (SSSR count). The highest BCUT2D eigenvalue weighted by Gasteiger charge is 2.26. The summed E-state index contributed by atoms with van der Waals surface area (Å²) in [7, 11) is 0. The van der Waals surface area contributed by atoms with Gasteiger partial charge in [-0.15, -0.1) is 0 Å². The van der Waals surface area contributed by atoms with Gasteiger partial charge in [0.25, 0.3) is 0 Å². The number of hydrogen-bond donors (Lipinski definition) is 1. The minimum atomic E-state index is -3.14. The molecular weight excluding hydrogens is 212 g/mol. The standard InChI is InChI=1S/C8H17N.C4H6F2O/c1-6(2)8-4-7(3)9-5-8;1-3(7)4(2,5)6/h6-9H,4-5H2,1-3H3;1-2H3/t7-,8?;/m0./s1. The summed E-state index contributed by atoms with van der Waals surface area (Å²) in [4.78, 5) is 9.72. The van der Waals surface area contributed by atoms with Crippen molar-refractivity contribution in [3.8, 4) is 0 Å². The largest absolute Gasteiger partial charge is 0.314 e. The highest BCUT2D eigenvalue weighted by atomic mass is 19.3. The van der Waals surface area contributed by atoms with E-state index in [0.29, 0.717) is 6.92 Å². The van der Waals surface area contributed by atoms with Crippen molar-refractivity contribution in [1.29, 1.82) is 0 Å². The fourth-order valence-corrected chi connectivity index (χ4v) is 1.48. The molecule has 0 spiro atoms. The second-order valence-electron chi connectivity index (χ2n) is 4.99. The Balaban J connectivity index is 0.000000293. The number of rotatable bonds is 2. The maximum Gasteiger partial charge on any atom is 0.302 e. The van der Waals surface area contributed by atoms with Gasteiger partial charge in [-0.3, -0.25) is 4.79 Å². The Morgan fingerprint density at radius 3 is 2.00 bits per heavy atom. The van der Waals surface area contributed by atoms with Crippen LogP contribution in [0.4, 0.5) is 8.78 Å². The van der Waals surface area contributed by atoms with Gasteiger partial charge < -0.3 is 5.32 Å². The van der Waals surface area contributed by atoms with Gasteiger partial charge in [-0.25, -0.2) is 0 Å². The van der Waals surface area contributed by atoms with Crippen LogP contribution in [0.15, 0.2) is 0 Å². The molecule has 96 valence electrons. The average Bonchev–Trinajstić information content (AvgIpc) is 2.51. The van der Waals surface area contributed by atoms with E-state index in [2.05, 4.69) is 26.1 Å². The minimum Gasteiger partial charge on any atom is -0.314 e. The number of carbonyl (C=O) groups is 1. The molecule has 0 radical (unpaired) electrons. The number of hydrogen-bond acceptors (Lipinski definition) is 2. The fraction of sp³-hybridized carbons (Fsp3) is 0.917. The quantitative estimate of drug-likeness (QED) is 0.797. The van der Waals surface area contributed by atoms with Crippen LogP contribution in [0.1, 0.15) is 41.0 Å². The summed E-state index contributed by atoms with van der Waals surface area (Å²) >= 11 is 0. The topological polar surface area (TPSA) is 29.1 Å². The third kappa shape index (κ3) is 6.16. The van der Waals surface area contributed by atoms with E-state index in [4.69, 9.17) is 0 Å². The second kappa shape index (κ2) is 6.28. The molecule has 0 aromatic carbocycles. The van der Waals surface area contributed by atoms with Crippen LogP contribution in [0.3, 0.4) is 0 Å². The smallest absolute Gasteiger partial charge is 0.302 e. The predicted octanol–water partition coefficient (Wildman–Crippen LogP) is 2.87. The van der Waals surface area contributed by atoms with Crippen molar-refractivity contribution in [2.45, 2.75) is 53.0 Å². The molecule has 0 aromatic heterocycles. The SMILES string of the molecule is CC(=O)C(C)(F)F.CC(C)C1CN[C@@H](C)C1. The van der Waals surface area contributed by atoms with Gasteiger partial charge in [-0.2, -0.15) is 8.78 Å². The molecule has 0 amide bonds. The van der Waals surface area contributed by atoms with Gasteiger partial charge in [0, 0.05) is 19.9 Å². The molecule has 0 bridgehead atoms. The van der Waals surface area contributed by atoms with E-state index in [0.717, 1.165) is 24.8 Å². The number of Topliss-reactive ketones (excluding diaryl/α,β-unsaturated/α-hetero) is 1. The number of alkyl halides is 2. The molecule has 1 aliphatic heterocycles. The third-order valence-electron chi connectivity index (χ3n) is 2.95. The molecule has 1 aliphatic rings. The van der Waals surface area contributed by atoms with Crippen LogP contribution in [0.25, 0.3) is 0 Å². The van der Waals surface area contributed by atoms with Crippen molar-refractivity contribution in [2.24, 2.45) is 11.8 Å². The van der Waals surface area contributed by atoms with Crippen LogP contribution < -0.4 is 5.32 Å². The van der Waals surface area contributed by atoms with Crippen molar-refractivity contribution < 1.29 is 13.6 Å². The lowest BCUT2D eigenvalue weighted by Gasteiger charge is -2.11. The molecule has 0 saturated carbocycles. The zero-order valence-electron chi connectivity index (χ0n) is 10.8. The number of ketones is 1. The highest BCUT2D eigenvalue weighted by molar-refractivity contribution is 5.82. The lowest BCUT2D eigenvalue weighted by molar-refractivity contribution is -0.138. The average molecular weight is 235 g/mol. The molecule has 1 unspecified atom stereocenters. The van der Waals surface area contributed by atoms with E-state index in [1.165, 1.54) is 13.0 Å². The normalized spacial score (nSPS) is 25.2. The summed E-state index contributed by atoms with van der Waals surface area (Å²) in [6, 6.07) is 0.761. The number of carbonyl (C=O) groups excluding carboxylic acids is 1. The Morgan fingerprint density at radius 2 is 1.88 bits per heavy atom. The first-order valence-electron chi connectivity index (χ1n) is 5.76. The lowest BCUT2D eigenvalue weighted by atomic mass is 9.94. The third-order valence-corrected chi connectivity index (χ3v) is 2.95. The molecule has 2 atom stereocenters.